The Morgan fingerprint density at radius 2 is 1.89 bits per heavy atom. The Hall–Kier alpha value is -2.46. The molecule has 3 rings (SSSR count). The summed E-state index contributed by atoms with van der Waals surface area (Å²) in [5.41, 5.74) is 2.39. The molecule has 3 aromatic rings. The lowest BCUT2D eigenvalue weighted by molar-refractivity contribution is -0.119. The molecule has 0 aliphatic rings. The fourth-order valence-corrected chi connectivity index (χ4v) is 3.94. The number of benzene rings is 2. The lowest BCUT2D eigenvalue weighted by atomic mass is 9.89. The molecule has 1 heterocycles. The highest BCUT2D eigenvalue weighted by molar-refractivity contribution is 6.36. The zero-order valence-electron chi connectivity index (χ0n) is 16.3. The zero-order valence-corrected chi connectivity index (χ0v) is 17.1. The maximum Gasteiger partial charge on any atom is 0.245 e. The van der Waals surface area contributed by atoms with Gasteiger partial charge in [0.25, 0.3) is 0 Å². The largest absolute Gasteiger partial charge is 0.323 e. The number of carbonyl (C=O) groups is 1. The van der Waals surface area contributed by atoms with Gasteiger partial charge in [0.05, 0.1) is 11.4 Å². The normalized spacial score (nSPS) is 13.5. The summed E-state index contributed by atoms with van der Waals surface area (Å²) < 4.78 is 14.0. The van der Waals surface area contributed by atoms with Crippen LogP contribution in [0.3, 0.4) is 0 Å². The van der Waals surface area contributed by atoms with Crippen molar-refractivity contribution in [3.63, 3.8) is 0 Å². The Morgan fingerprint density at radius 3 is 2.57 bits per heavy atom. The first-order valence-electron chi connectivity index (χ1n) is 9.38. The van der Waals surface area contributed by atoms with Crippen molar-refractivity contribution < 1.29 is 9.18 Å². The van der Waals surface area contributed by atoms with Gasteiger partial charge in [-0.3, -0.25) is 4.79 Å². The molecule has 1 aromatic heterocycles. The first-order chi connectivity index (χ1) is 13.3. The van der Waals surface area contributed by atoms with Crippen LogP contribution in [0.5, 0.6) is 0 Å². The van der Waals surface area contributed by atoms with E-state index in [9.17, 15) is 9.18 Å². The molecule has 1 unspecified atom stereocenters. The lowest BCUT2D eigenvalue weighted by Crippen LogP contribution is -2.41. The fraction of sp³-hybridized carbons (Fsp3) is 0.304. The van der Waals surface area contributed by atoms with Crippen molar-refractivity contribution in [3.8, 4) is 0 Å². The smallest absolute Gasteiger partial charge is 0.245 e. The minimum Gasteiger partial charge on any atom is -0.323 e. The number of pyridine rings is 1. The number of aryl methyl sites for hydroxylation is 1. The first kappa shape index (κ1) is 20.3. The van der Waals surface area contributed by atoms with Crippen LogP contribution in [0.4, 0.5) is 10.1 Å². The van der Waals surface area contributed by atoms with E-state index in [1.807, 2.05) is 44.2 Å². The van der Waals surface area contributed by atoms with Gasteiger partial charge < -0.3 is 5.32 Å². The van der Waals surface area contributed by atoms with Gasteiger partial charge in [-0.2, -0.15) is 0 Å². The molecular formula is C23H24ClFN2O. The minimum absolute atomic E-state index is 0.247. The van der Waals surface area contributed by atoms with Crippen molar-refractivity contribution in [1.29, 1.82) is 0 Å². The number of anilines is 1. The Morgan fingerprint density at radius 1 is 1.18 bits per heavy atom. The van der Waals surface area contributed by atoms with Crippen molar-refractivity contribution in [2.75, 3.05) is 5.32 Å². The van der Waals surface area contributed by atoms with E-state index in [4.69, 9.17) is 11.6 Å². The van der Waals surface area contributed by atoms with E-state index in [1.165, 1.54) is 6.07 Å². The third-order valence-electron chi connectivity index (χ3n) is 4.70. The van der Waals surface area contributed by atoms with Gasteiger partial charge in [0, 0.05) is 11.8 Å². The third kappa shape index (κ3) is 4.50. The fourth-order valence-electron chi connectivity index (χ4n) is 3.43. The number of fused-ring (bicyclic) bond motifs is 1. The Kier molecular flexibility index (Phi) is 5.99. The van der Waals surface area contributed by atoms with Gasteiger partial charge in [0.2, 0.25) is 5.91 Å². The molecule has 2 aromatic carbocycles. The molecule has 0 aliphatic heterocycles. The number of aromatic nitrogens is 1. The summed E-state index contributed by atoms with van der Waals surface area (Å²) in [5, 5.41) is 3.56. The van der Waals surface area contributed by atoms with E-state index in [0.29, 0.717) is 35.1 Å². The molecule has 1 amide bonds. The molecule has 5 heteroatoms. The van der Waals surface area contributed by atoms with Gasteiger partial charge in [0.15, 0.2) is 0 Å². The van der Waals surface area contributed by atoms with E-state index in [-0.39, 0.29) is 17.6 Å². The van der Waals surface area contributed by atoms with Gasteiger partial charge in [-0.05, 0) is 37.0 Å². The van der Waals surface area contributed by atoms with Gasteiger partial charge in [-0.1, -0.05) is 56.3 Å². The molecule has 0 spiro atoms. The number of amides is 1. The van der Waals surface area contributed by atoms with Crippen LogP contribution in [0.2, 0.25) is 0 Å². The topological polar surface area (TPSA) is 42.0 Å². The van der Waals surface area contributed by atoms with Gasteiger partial charge in [-0.15, -0.1) is 11.6 Å². The van der Waals surface area contributed by atoms with Crippen LogP contribution in [0.1, 0.15) is 31.5 Å². The van der Waals surface area contributed by atoms with Crippen LogP contribution >= 0.6 is 11.6 Å². The van der Waals surface area contributed by atoms with E-state index in [1.54, 1.807) is 25.1 Å². The number of hydrogen-bond donors (Lipinski definition) is 1. The molecule has 0 radical (unpaired) electrons. The summed E-state index contributed by atoms with van der Waals surface area (Å²) >= 11 is 6.87. The molecule has 0 bridgehead atoms. The number of para-hydroxylation sites is 1. The Bertz CT molecular complexity index is 991. The number of carbonyl (C=O) groups excluding carboxylic acids is 1. The summed E-state index contributed by atoms with van der Waals surface area (Å²) in [5.74, 6) is -0.404. The molecule has 3 nitrogen and oxygen atoms in total. The molecule has 1 atom stereocenters. The molecular weight excluding hydrogens is 375 g/mol. The lowest BCUT2D eigenvalue weighted by Gasteiger charge is -2.28. The van der Waals surface area contributed by atoms with Crippen LogP contribution in [0.15, 0.2) is 54.6 Å². The number of rotatable bonds is 6. The maximum absolute atomic E-state index is 14.0. The van der Waals surface area contributed by atoms with E-state index < -0.39 is 4.87 Å². The first-order valence-corrected chi connectivity index (χ1v) is 9.76. The van der Waals surface area contributed by atoms with Crippen LogP contribution < -0.4 is 5.32 Å². The third-order valence-corrected chi connectivity index (χ3v) is 5.16. The van der Waals surface area contributed by atoms with Crippen LogP contribution in [0.25, 0.3) is 10.9 Å². The van der Waals surface area contributed by atoms with Crippen molar-refractivity contribution in [2.24, 2.45) is 5.92 Å². The Balaban J connectivity index is 1.91. The van der Waals surface area contributed by atoms with E-state index in [0.717, 1.165) is 5.56 Å². The molecule has 0 aliphatic carbocycles. The molecule has 0 saturated heterocycles. The highest BCUT2D eigenvalue weighted by Gasteiger charge is 2.37. The zero-order chi connectivity index (χ0) is 20.3. The highest BCUT2D eigenvalue weighted by atomic mass is 35.5. The average Bonchev–Trinajstić information content (AvgIpc) is 2.63. The van der Waals surface area contributed by atoms with Crippen molar-refractivity contribution in [2.45, 2.75) is 38.5 Å². The second kappa shape index (κ2) is 8.27. The van der Waals surface area contributed by atoms with Crippen molar-refractivity contribution in [3.05, 3.63) is 71.7 Å². The number of alkyl halides is 1. The molecule has 1 N–H and O–H groups in total. The highest BCUT2D eigenvalue weighted by Crippen LogP contribution is 2.32. The number of halogens is 2. The second-order valence-electron chi connectivity index (χ2n) is 7.61. The van der Waals surface area contributed by atoms with Crippen LogP contribution in [0, 0.1) is 18.7 Å². The summed E-state index contributed by atoms with van der Waals surface area (Å²) in [6.07, 6.45) is 0.956. The quantitative estimate of drug-likeness (QED) is 0.526. The molecule has 28 heavy (non-hydrogen) atoms. The van der Waals surface area contributed by atoms with Gasteiger partial charge in [-0.25, -0.2) is 9.37 Å². The summed E-state index contributed by atoms with van der Waals surface area (Å²) in [6.45, 7) is 5.83. The number of nitrogens with zero attached hydrogens (tertiary/aromatic N) is 1. The minimum atomic E-state index is -1.08. The second-order valence-corrected chi connectivity index (χ2v) is 8.34. The van der Waals surface area contributed by atoms with Gasteiger partial charge >= 0.3 is 0 Å². The monoisotopic (exact) mass is 398 g/mol. The molecule has 0 fully saturated rings. The summed E-state index contributed by atoms with van der Waals surface area (Å²) in [4.78, 5) is 16.4. The summed E-state index contributed by atoms with van der Waals surface area (Å²) in [6, 6.07) is 16.3. The summed E-state index contributed by atoms with van der Waals surface area (Å²) in [7, 11) is 0. The Labute approximate surface area is 169 Å². The van der Waals surface area contributed by atoms with Crippen molar-refractivity contribution in [1.82, 2.24) is 4.98 Å². The van der Waals surface area contributed by atoms with Gasteiger partial charge in [0.1, 0.15) is 16.2 Å². The predicted octanol–water partition coefficient (Wildman–Crippen LogP) is 5.89. The van der Waals surface area contributed by atoms with E-state index in [2.05, 4.69) is 10.3 Å². The molecule has 0 saturated carbocycles. The van der Waals surface area contributed by atoms with Crippen LogP contribution in [-0.2, 0) is 11.2 Å². The number of nitrogens with one attached hydrogen (secondary N) is 1. The maximum atomic E-state index is 14.0. The van der Waals surface area contributed by atoms with Crippen molar-refractivity contribution >= 4 is 34.1 Å². The number of hydrogen-bond acceptors (Lipinski definition) is 2. The molecule has 146 valence electrons. The van der Waals surface area contributed by atoms with Crippen LogP contribution in [-0.4, -0.2) is 15.8 Å². The average molecular weight is 399 g/mol. The predicted molar refractivity (Wildman–Crippen MR) is 113 cm³/mol. The van der Waals surface area contributed by atoms with E-state index >= 15 is 0 Å². The SMILES string of the molecule is Cc1nc2c(F)cccc2cc1NC(=O)C(Cl)(Cc1ccccc1)CC(C)C. The standard InChI is InChI=1S/C23H24ClFN2O/c1-15(2)13-23(24,14-17-8-5-4-6-9-17)22(28)27-20-12-18-10-7-11-19(25)21(18)26-16(20)3/h4-12,15H,13-14H2,1-3H3,(H,27,28).